The normalized spacial score (nSPS) is 13.7. The van der Waals surface area contributed by atoms with Crippen molar-refractivity contribution in [3.05, 3.63) is 95.9 Å². The second-order valence-electron chi connectivity index (χ2n) is 8.58. The number of ether oxygens (including phenoxy) is 1. The molecule has 0 saturated carbocycles. The van der Waals surface area contributed by atoms with Gasteiger partial charge in [0.1, 0.15) is 11.4 Å². The highest BCUT2D eigenvalue weighted by Gasteiger charge is 2.41. The van der Waals surface area contributed by atoms with Gasteiger partial charge in [-0.3, -0.25) is 19.5 Å². The summed E-state index contributed by atoms with van der Waals surface area (Å²) in [5, 5.41) is 0. The predicted molar refractivity (Wildman–Crippen MR) is 133 cm³/mol. The minimum Gasteiger partial charge on any atom is -0.493 e. The first-order valence-electron chi connectivity index (χ1n) is 11.5. The first-order chi connectivity index (χ1) is 16.5. The van der Waals surface area contributed by atoms with Crippen LogP contribution in [0.4, 0.5) is 5.69 Å². The first-order valence-corrected chi connectivity index (χ1v) is 11.5. The average Bonchev–Trinajstić information content (AvgIpc) is 3.10. The van der Waals surface area contributed by atoms with Crippen LogP contribution in [-0.2, 0) is 16.1 Å². The lowest BCUT2D eigenvalue weighted by molar-refractivity contribution is -0.137. The van der Waals surface area contributed by atoms with E-state index in [2.05, 4.69) is 18.8 Å². The highest BCUT2D eigenvalue weighted by Crippen LogP contribution is 2.35. The van der Waals surface area contributed by atoms with Gasteiger partial charge in [-0.15, -0.1) is 0 Å². The van der Waals surface area contributed by atoms with Crippen LogP contribution in [0.15, 0.2) is 84.8 Å². The summed E-state index contributed by atoms with van der Waals surface area (Å²) >= 11 is 0. The molecule has 0 aliphatic carbocycles. The van der Waals surface area contributed by atoms with Gasteiger partial charge in [-0.05, 0) is 60.4 Å². The van der Waals surface area contributed by atoms with Crippen molar-refractivity contribution in [1.29, 1.82) is 0 Å². The van der Waals surface area contributed by atoms with E-state index >= 15 is 0 Å². The van der Waals surface area contributed by atoms with Gasteiger partial charge in [-0.2, -0.15) is 0 Å². The number of likely N-dealkylation sites (N-methyl/N-ethyl adjacent to an activating group) is 1. The third kappa shape index (κ3) is 4.86. The molecule has 2 heterocycles. The van der Waals surface area contributed by atoms with Crippen LogP contribution in [0.2, 0.25) is 0 Å². The van der Waals surface area contributed by atoms with E-state index in [0.29, 0.717) is 35.9 Å². The van der Waals surface area contributed by atoms with Crippen LogP contribution in [0.5, 0.6) is 5.75 Å². The number of pyridine rings is 1. The number of hydrogen-bond donors (Lipinski definition) is 0. The molecule has 174 valence electrons. The van der Waals surface area contributed by atoms with Crippen LogP contribution in [0, 0.1) is 5.92 Å². The molecule has 4 rings (SSSR count). The lowest BCUT2D eigenvalue weighted by Gasteiger charge is -2.25. The molecule has 0 bridgehead atoms. The van der Waals surface area contributed by atoms with Crippen molar-refractivity contribution in [1.82, 2.24) is 9.88 Å². The molecule has 34 heavy (non-hydrogen) atoms. The summed E-state index contributed by atoms with van der Waals surface area (Å²) in [5.74, 6) is 0.541. The molecule has 2 amide bonds. The number of carbonyl (C=O) groups is 2. The Balaban J connectivity index is 1.75. The Morgan fingerprint density at radius 2 is 1.59 bits per heavy atom. The molecule has 2 aromatic carbocycles. The van der Waals surface area contributed by atoms with E-state index in [1.165, 1.54) is 4.90 Å². The minimum atomic E-state index is -0.304. The van der Waals surface area contributed by atoms with Crippen molar-refractivity contribution in [2.75, 3.05) is 18.1 Å². The molecule has 1 aliphatic heterocycles. The van der Waals surface area contributed by atoms with Crippen molar-refractivity contribution in [3.63, 3.8) is 0 Å². The number of imide groups is 1. The van der Waals surface area contributed by atoms with Crippen LogP contribution < -0.4 is 9.64 Å². The lowest BCUT2D eigenvalue weighted by atomic mass is 10.0. The summed E-state index contributed by atoms with van der Waals surface area (Å²) in [5.41, 5.74) is 3.19. The Morgan fingerprint density at radius 1 is 0.912 bits per heavy atom. The Morgan fingerprint density at radius 3 is 2.21 bits per heavy atom. The Labute approximate surface area is 200 Å². The Bertz CT molecular complexity index is 1170. The standard InChI is InChI=1S/C28H29N3O3/c1-4-30(23-8-6-5-7-9-23)26-25(22-10-12-24(13-11-22)34-19-20(2)3)27(32)31(28(26)33)18-21-14-16-29-17-15-21/h5-17,20H,4,18-19H2,1-3H3. The fourth-order valence-corrected chi connectivity index (χ4v) is 3.95. The maximum Gasteiger partial charge on any atom is 0.278 e. The number of aromatic nitrogens is 1. The fourth-order valence-electron chi connectivity index (χ4n) is 3.95. The fraction of sp³-hybridized carbons (Fsp3) is 0.250. The minimum absolute atomic E-state index is 0.190. The lowest BCUT2D eigenvalue weighted by Crippen LogP contribution is -2.34. The van der Waals surface area contributed by atoms with Gasteiger partial charge in [-0.1, -0.05) is 44.2 Å². The second-order valence-corrected chi connectivity index (χ2v) is 8.58. The van der Waals surface area contributed by atoms with E-state index < -0.39 is 0 Å². The molecular formula is C28H29N3O3. The molecule has 6 nitrogen and oxygen atoms in total. The van der Waals surface area contributed by atoms with Crippen molar-refractivity contribution in [2.24, 2.45) is 5.92 Å². The van der Waals surface area contributed by atoms with E-state index in [-0.39, 0.29) is 18.4 Å². The van der Waals surface area contributed by atoms with Gasteiger partial charge in [0.25, 0.3) is 11.8 Å². The van der Waals surface area contributed by atoms with Crippen molar-refractivity contribution >= 4 is 23.1 Å². The summed E-state index contributed by atoms with van der Waals surface area (Å²) in [4.78, 5) is 34.6. The van der Waals surface area contributed by atoms with Crippen LogP contribution in [0.25, 0.3) is 5.57 Å². The summed E-state index contributed by atoms with van der Waals surface area (Å²) in [6.45, 7) is 7.50. The molecule has 6 heteroatoms. The van der Waals surface area contributed by atoms with Gasteiger partial charge in [0.2, 0.25) is 0 Å². The number of anilines is 1. The number of nitrogens with zero attached hydrogens (tertiary/aromatic N) is 3. The first kappa shape index (κ1) is 23.2. The molecular weight excluding hydrogens is 426 g/mol. The number of hydrogen-bond acceptors (Lipinski definition) is 5. The smallest absolute Gasteiger partial charge is 0.278 e. The van der Waals surface area contributed by atoms with Crippen LogP contribution in [0.3, 0.4) is 0 Å². The SMILES string of the molecule is CCN(C1=C(c2ccc(OCC(C)C)cc2)C(=O)N(Cc2ccncc2)C1=O)c1ccccc1. The zero-order chi connectivity index (χ0) is 24.1. The highest BCUT2D eigenvalue weighted by molar-refractivity contribution is 6.36. The number of benzene rings is 2. The average molecular weight is 456 g/mol. The summed E-state index contributed by atoms with van der Waals surface area (Å²) < 4.78 is 5.80. The van der Waals surface area contributed by atoms with Gasteiger partial charge in [0.15, 0.2) is 0 Å². The topological polar surface area (TPSA) is 62.7 Å². The van der Waals surface area contributed by atoms with Crippen molar-refractivity contribution < 1.29 is 14.3 Å². The molecule has 0 spiro atoms. The zero-order valence-corrected chi connectivity index (χ0v) is 19.8. The zero-order valence-electron chi connectivity index (χ0n) is 19.8. The molecule has 0 saturated heterocycles. The number of amides is 2. The summed E-state index contributed by atoms with van der Waals surface area (Å²) in [6, 6.07) is 20.7. The number of para-hydroxylation sites is 1. The third-order valence-electron chi connectivity index (χ3n) is 5.61. The summed E-state index contributed by atoms with van der Waals surface area (Å²) in [7, 11) is 0. The second kappa shape index (κ2) is 10.3. The summed E-state index contributed by atoms with van der Waals surface area (Å²) in [6.07, 6.45) is 3.32. The van der Waals surface area contributed by atoms with Gasteiger partial charge in [-0.25, -0.2) is 0 Å². The Kier molecular flexibility index (Phi) is 7.07. The largest absolute Gasteiger partial charge is 0.493 e. The van der Waals surface area contributed by atoms with Gasteiger partial charge in [0, 0.05) is 24.6 Å². The molecule has 0 N–H and O–H groups in total. The molecule has 3 aromatic rings. The maximum absolute atomic E-state index is 13.7. The quantitative estimate of drug-likeness (QED) is 0.429. The number of rotatable bonds is 9. The van der Waals surface area contributed by atoms with Gasteiger partial charge < -0.3 is 9.64 Å². The van der Waals surface area contributed by atoms with E-state index in [4.69, 9.17) is 4.74 Å². The number of carbonyl (C=O) groups excluding carboxylic acids is 2. The highest BCUT2D eigenvalue weighted by atomic mass is 16.5. The van der Waals surface area contributed by atoms with E-state index in [1.807, 2.05) is 78.6 Å². The van der Waals surface area contributed by atoms with Crippen LogP contribution in [-0.4, -0.2) is 34.8 Å². The Hall–Kier alpha value is -3.93. The van der Waals surface area contributed by atoms with Crippen molar-refractivity contribution in [2.45, 2.75) is 27.3 Å². The van der Waals surface area contributed by atoms with Crippen LogP contribution >= 0.6 is 0 Å². The predicted octanol–water partition coefficient (Wildman–Crippen LogP) is 4.92. The van der Waals surface area contributed by atoms with Gasteiger partial charge >= 0.3 is 0 Å². The van der Waals surface area contributed by atoms with E-state index in [0.717, 1.165) is 17.0 Å². The maximum atomic E-state index is 13.7. The third-order valence-corrected chi connectivity index (χ3v) is 5.61. The molecule has 0 unspecified atom stereocenters. The molecule has 0 radical (unpaired) electrons. The molecule has 0 atom stereocenters. The van der Waals surface area contributed by atoms with Crippen molar-refractivity contribution in [3.8, 4) is 5.75 Å². The van der Waals surface area contributed by atoms with Crippen LogP contribution in [0.1, 0.15) is 31.9 Å². The molecule has 1 aromatic heterocycles. The van der Waals surface area contributed by atoms with E-state index in [9.17, 15) is 9.59 Å². The van der Waals surface area contributed by atoms with E-state index in [1.54, 1.807) is 12.4 Å². The van der Waals surface area contributed by atoms with Gasteiger partial charge in [0.05, 0.1) is 18.7 Å². The monoisotopic (exact) mass is 455 g/mol. The molecule has 0 fully saturated rings. The molecule has 1 aliphatic rings.